The highest BCUT2D eigenvalue weighted by Crippen LogP contribution is 2.51. The number of carboxylic acids is 1. The van der Waals surface area contributed by atoms with E-state index in [1.54, 1.807) is 6.92 Å². The molecule has 210 valence electrons. The van der Waals surface area contributed by atoms with Gasteiger partial charge in [-0.3, -0.25) is 19.8 Å². The van der Waals surface area contributed by atoms with E-state index in [1.807, 2.05) is 0 Å². The molecule has 0 aromatic carbocycles. The molecule has 4 heterocycles. The summed E-state index contributed by atoms with van der Waals surface area (Å²) in [5, 5.41) is 35.1. The van der Waals surface area contributed by atoms with Gasteiger partial charge in [-0.25, -0.2) is 4.79 Å². The number of thioether (sulfide) groups is 1. The third kappa shape index (κ3) is 5.03. The molecule has 0 saturated carbocycles. The van der Waals surface area contributed by atoms with Crippen LogP contribution in [-0.2, 0) is 19.2 Å². The number of fused-ring (bicyclic) bond motifs is 1. The average molecular weight is 560 g/mol. The van der Waals surface area contributed by atoms with Gasteiger partial charge in [-0.2, -0.15) is 8.78 Å². The molecule has 0 spiro atoms. The second-order valence-corrected chi connectivity index (χ2v) is 11.4. The van der Waals surface area contributed by atoms with E-state index in [4.69, 9.17) is 11.1 Å². The van der Waals surface area contributed by atoms with E-state index >= 15 is 0 Å². The van der Waals surface area contributed by atoms with Crippen molar-refractivity contribution in [3.05, 3.63) is 10.6 Å². The fourth-order valence-corrected chi connectivity index (χ4v) is 7.24. The van der Waals surface area contributed by atoms with Crippen molar-refractivity contribution in [3.63, 3.8) is 0 Å². The molecule has 0 aromatic heterocycles. The number of hydrogen-bond acceptors (Lipinski definition) is 8. The lowest BCUT2D eigenvalue weighted by Gasteiger charge is -2.47. The Balaban J connectivity index is 1.41. The molecule has 4 aliphatic heterocycles. The Kier molecular flexibility index (Phi) is 7.86. The largest absolute Gasteiger partial charge is 0.477 e. The lowest BCUT2D eigenvalue weighted by atomic mass is 9.78. The standard InChI is InChI=1S/C22H31F2N7O6S/c1-7-14-13(8(2)28-18(33)17(23)24)20(35)31(14)15(21(36)37)16(7)38-9-3-10(27-4-9)19(34)30-5-11(12(32)6-30)29-22(25)26/h7-14,17,27,32H,3-6H2,1-2H3,(H,28,33)(H,36,37)(H4,25,26,29)/t7-,8-,9+,10+,11+,12+,13-,14-/m1/s1. The third-order valence-corrected chi connectivity index (χ3v) is 9.03. The number of nitrogens with one attached hydrogen (secondary N) is 4. The van der Waals surface area contributed by atoms with E-state index in [2.05, 4.69) is 16.0 Å². The van der Waals surface area contributed by atoms with E-state index in [1.165, 1.54) is 28.5 Å². The molecular weight excluding hydrogens is 528 g/mol. The minimum atomic E-state index is -3.23. The zero-order valence-corrected chi connectivity index (χ0v) is 21.5. The first-order chi connectivity index (χ1) is 17.8. The highest BCUT2D eigenvalue weighted by molar-refractivity contribution is 8.03. The van der Waals surface area contributed by atoms with Crippen LogP contribution in [0, 0.1) is 17.2 Å². The first-order valence-electron chi connectivity index (χ1n) is 12.2. The van der Waals surface area contributed by atoms with E-state index in [-0.39, 0.29) is 35.9 Å². The first-order valence-corrected chi connectivity index (χ1v) is 13.1. The molecule has 8 N–H and O–H groups in total. The first kappa shape index (κ1) is 28.0. The van der Waals surface area contributed by atoms with Crippen LogP contribution in [0.2, 0.25) is 0 Å². The summed E-state index contributed by atoms with van der Waals surface area (Å²) in [4.78, 5) is 52.6. The number of rotatable bonds is 8. The van der Waals surface area contributed by atoms with Crippen molar-refractivity contribution in [1.29, 1.82) is 5.41 Å². The molecular formula is C22H31F2N7O6S. The Morgan fingerprint density at radius 1 is 1.29 bits per heavy atom. The Morgan fingerprint density at radius 2 is 1.97 bits per heavy atom. The number of guanidine groups is 1. The fourth-order valence-electron chi connectivity index (χ4n) is 5.76. The number of β-amino-alcohol motifs (C(OH)–C–C–N with tert-alkyl or cyclic N) is 1. The Morgan fingerprint density at radius 3 is 2.58 bits per heavy atom. The van der Waals surface area contributed by atoms with Gasteiger partial charge in [-0.1, -0.05) is 6.92 Å². The number of carbonyl (C=O) groups is 4. The van der Waals surface area contributed by atoms with Crippen LogP contribution in [0.25, 0.3) is 0 Å². The number of nitrogens with two attached hydrogens (primary N) is 1. The van der Waals surface area contributed by atoms with E-state index in [0.717, 1.165) is 0 Å². The van der Waals surface area contributed by atoms with E-state index in [9.17, 15) is 38.2 Å². The van der Waals surface area contributed by atoms with Crippen LogP contribution in [0.3, 0.4) is 0 Å². The maximum atomic E-state index is 13.0. The summed E-state index contributed by atoms with van der Waals surface area (Å²) in [6.07, 6.45) is -3.72. The van der Waals surface area contributed by atoms with Gasteiger partial charge in [0, 0.05) is 41.7 Å². The number of nitrogens with zero attached hydrogens (tertiary/aromatic N) is 2. The Hall–Kier alpha value is -2.98. The minimum Gasteiger partial charge on any atom is -0.477 e. The highest BCUT2D eigenvalue weighted by Gasteiger charge is 2.60. The number of aliphatic hydroxyl groups is 1. The van der Waals surface area contributed by atoms with Crippen molar-refractivity contribution in [2.75, 3.05) is 19.6 Å². The molecule has 8 atom stereocenters. The van der Waals surface area contributed by atoms with Crippen molar-refractivity contribution >= 4 is 41.4 Å². The molecule has 0 bridgehead atoms. The third-order valence-electron chi connectivity index (χ3n) is 7.52. The SMILES string of the molecule is C[C@@H](NC(=O)C(F)F)[C@H]1C(=O)N2C(C(=O)O)=C(S[C@@H]3CN[C@H](C(=O)N4C[C@H](NC(=N)N)[C@@H](O)C4)C3)[C@H](C)[C@H]12. The summed E-state index contributed by atoms with van der Waals surface area (Å²) in [7, 11) is 0. The van der Waals surface area contributed by atoms with Gasteiger partial charge in [0.2, 0.25) is 11.8 Å². The normalized spacial score (nSPS) is 33.3. The smallest absolute Gasteiger partial charge is 0.353 e. The minimum absolute atomic E-state index is 0.0888. The molecule has 38 heavy (non-hydrogen) atoms. The van der Waals surface area contributed by atoms with Crippen LogP contribution in [0.5, 0.6) is 0 Å². The zero-order chi connectivity index (χ0) is 28.0. The number of hydrogen-bond donors (Lipinski definition) is 7. The lowest BCUT2D eigenvalue weighted by molar-refractivity contribution is -0.159. The molecule has 0 unspecified atom stereocenters. The van der Waals surface area contributed by atoms with Gasteiger partial charge < -0.3 is 41.7 Å². The number of halogens is 2. The van der Waals surface area contributed by atoms with Crippen LogP contribution in [0.1, 0.15) is 20.3 Å². The molecule has 13 nitrogen and oxygen atoms in total. The van der Waals surface area contributed by atoms with Gasteiger partial charge in [0.05, 0.1) is 30.1 Å². The molecule has 3 saturated heterocycles. The molecule has 0 aromatic rings. The number of likely N-dealkylation sites (tertiary alicyclic amines) is 1. The van der Waals surface area contributed by atoms with Crippen molar-refractivity contribution < 1.29 is 38.2 Å². The topological polar surface area (TPSA) is 201 Å². The lowest BCUT2D eigenvalue weighted by Crippen LogP contribution is -2.66. The second-order valence-electron chi connectivity index (χ2n) is 10.0. The second kappa shape index (κ2) is 10.6. The van der Waals surface area contributed by atoms with Gasteiger partial charge in [0.25, 0.3) is 5.91 Å². The summed E-state index contributed by atoms with van der Waals surface area (Å²) < 4.78 is 25.4. The zero-order valence-electron chi connectivity index (χ0n) is 20.7. The summed E-state index contributed by atoms with van der Waals surface area (Å²) in [6, 6.07) is -2.60. The number of aliphatic hydroxyl groups excluding tert-OH is 1. The highest BCUT2D eigenvalue weighted by atomic mass is 32.2. The van der Waals surface area contributed by atoms with Crippen molar-refractivity contribution in [2.45, 2.75) is 62.2 Å². The number of carbonyl (C=O) groups excluding carboxylic acids is 3. The maximum absolute atomic E-state index is 13.0. The number of aliphatic carboxylic acids is 1. The molecule has 4 aliphatic rings. The average Bonchev–Trinajstić information content (AvgIpc) is 3.50. The molecule has 3 amide bonds. The number of alkyl halides is 2. The predicted molar refractivity (Wildman–Crippen MR) is 131 cm³/mol. The molecule has 0 aliphatic carbocycles. The quantitative estimate of drug-likeness (QED) is 0.0995. The van der Waals surface area contributed by atoms with Gasteiger partial charge in [0.15, 0.2) is 5.96 Å². The fraction of sp³-hybridized carbons (Fsp3) is 0.682. The van der Waals surface area contributed by atoms with Gasteiger partial charge >= 0.3 is 12.4 Å². The summed E-state index contributed by atoms with van der Waals surface area (Å²) in [5.41, 5.74) is 5.18. The number of amides is 3. The number of β-lactam (4-membered cyclic amide) rings is 1. The maximum Gasteiger partial charge on any atom is 0.353 e. The van der Waals surface area contributed by atoms with Crippen molar-refractivity contribution in [1.82, 2.24) is 25.8 Å². The van der Waals surface area contributed by atoms with Crippen LogP contribution < -0.4 is 21.7 Å². The van der Waals surface area contributed by atoms with E-state index in [0.29, 0.717) is 17.9 Å². The molecule has 4 rings (SSSR count). The van der Waals surface area contributed by atoms with Crippen molar-refractivity contribution in [2.24, 2.45) is 17.6 Å². The predicted octanol–water partition coefficient (Wildman–Crippen LogP) is -1.95. The Labute approximate surface area is 221 Å². The number of carboxylic acid groups (broad SMARTS) is 1. The molecule has 0 radical (unpaired) electrons. The van der Waals surface area contributed by atoms with Gasteiger partial charge in [-0.15, -0.1) is 11.8 Å². The molecule has 3 fully saturated rings. The van der Waals surface area contributed by atoms with Gasteiger partial charge in [-0.05, 0) is 13.3 Å². The van der Waals surface area contributed by atoms with E-state index < -0.39 is 66.3 Å². The summed E-state index contributed by atoms with van der Waals surface area (Å²) in [6.45, 7) is 3.88. The Bertz CT molecular complexity index is 1080. The van der Waals surface area contributed by atoms with Crippen LogP contribution in [0.4, 0.5) is 8.78 Å². The molecule has 16 heteroatoms. The monoisotopic (exact) mass is 559 g/mol. The summed E-state index contributed by atoms with van der Waals surface area (Å²) >= 11 is 1.27. The van der Waals surface area contributed by atoms with Gasteiger partial charge in [0.1, 0.15) is 5.70 Å². The van der Waals surface area contributed by atoms with Crippen molar-refractivity contribution in [3.8, 4) is 0 Å². The van der Waals surface area contributed by atoms with Crippen LogP contribution >= 0.6 is 11.8 Å². The van der Waals surface area contributed by atoms with Crippen LogP contribution in [0.15, 0.2) is 10.6 Å². The van der Waals surface area contributed by atoms with Crippen LogP contribution in [-0.4, -0.2) is 111 Å². The summed E-state index contributed by atoms with van der Waals surface area (Å²) in [5.74, 6) is -5.10.